The van der Waals surface area contributed by atoms with Gasteiger partial charge in [-0.05, 0) is 37.8 Å². The van der Waals surface area contributed by atoms with E-state index in [1.54, 1.807) is 4.90 Å². The minimum absolute atomic E-state index is 0.216. The zero-order valence-corrected chi connectivity index (χ0v) is 13.1. The second-order valence-corrected chi connectivity index (χ2v) is 6.93. The molecule has 1 aromatic heterocycles. The number of nitrogens with one attached hydrogen (secondary N) is 1. The topological polar surface area (TPSA) is 75.3 Å². The van der Waals surface area contributed by atoms with Gasteiger partial charge in [-0.1, -0.05) is 12.1 Å². The van der Waals surface area contributed by atoms with Gasteiger partial charge in [-0.25, -0.2) is 4.98 Å². The van der Waals surface area contributed by atoms with Gasteiger partial charge in [-0.15, -0.1) is 0 Å². The first-order valence-electron chi connectivity index (χ1n) is 8.35. The van der Waals surface area contributed by atoms with Crippen molar-refractivity contribution in [1.29, 1.82) is 0 Å². The minimum Gasteiger partial charge on any atom is -0.483 e. The number of amides is 1. The van der Waals surface area contributed by atoms with Crippen molar-refractivity contribution in [2.75, 3.05) is 11.4 Å². The normalized spacial score (nSPS) is 20.4. The maximum Gasteiger partial charge on any atom is 0.277 e. The first-order valence-corrected chi connectivity index (χ1v) is 8.35. The molecule has 0 radical (unpaired) electrons. The molecule has 2 saturated carbocycles. The molecule has 0 atom stereocenters. The number of fused-ring (bicyclic) bond motifs is 1. The zero-order chi connectivity index (χ0) is 16.3. The van der Waals surface area contributed by atoms with Crippen molar-refractivity contribution >= 4 is 11.6 Å². The lowest BCUT2D eigenvalue weighted by molar-refractivity contribution is 0.0938. The van der Waals surface area contributed by atoms with Crippen LogP contribution >= 0.6 is 0 Å². The van der Waals surface area contributed by atoms with E-state index in [1.807, 2.05) is 24.3 Å². The molecule has 2 aliphatic carbocycles. The monoisotopic (exact) mass is 323 g/mol. The van der Waals surface area contributed by atoms with Crippen molar-refractivity contribution in [2.24, 2.45) is 0 Å². The summed E-state index contributed by atoms with van der Waals surface area (Å²) in [6.45, 7) is 0.510. The van der Waals surface area contributed by atoms with Crippen LogP contribution in [0.3, 0.4) is 0 Å². The Kier molecular flexibility index (Phi) is 2.69. The van der Waals surface area contributed by atoms with Crippen LogP contribution in [0.1, 0.15) is 47.9 Å². The molecule has 0 unspecified atom stereocenters. The molecule has 3 aliphatic rings. The Balaban J connectivity index is 1.56. The van der Waals surface area contributed by atoms with E-state index >= 15 is 0 Å². The molecule has 1 aliphatic heterocycles. The highest BCUT2D eigenvalue weighted by molar-refractivity contribution is 6.06. The number of hydrogen-bond acceptors (Lipinski definition) is 4. The number of benzene rings is 1. The molecule has 6 heteroatoms. The Morgan fingerprint density at radius 1 is 1.29 bits per heavy atom. The standard InChI is InChI=1S/C18H17N3O3/c22-15-9-12(19-16(20-15)11-5-6-11)17(23)21-10-18(7-8-18)24-14-4-2-1-3-13(14)21/h1-4,9,11H,5-8,10H2,(H,19,20,22). The Morgan fingerprint density at radius 3 is 2.83 bits per heavy atom. The first-order chi connectivity index (χ1) is 11.6. The molecule has 1 amide bonds. The number of hydrogen-bond donors (Lipinski definition) is 1. The third kappa shape index (κ3) is 2.21. The van der Waals surface area contributed by atoms with Gasteiger partial charge in [-0.3, -0.25) is 14.5 Å². The predicted molar refractivity (Wildman–Crippen MR) is 87.5 cm³/mol. The number of anilines is 1. The third-order valence-electron chi connectivity index (χ3n) is 4.92. The van der Waals surface area contributed by atoms with E-state index in [2.05, 4.69) is 9.97 Å². The van der Waals surface area contributed by atoms with Gasteiger partial charge in [0.1, 0.15) is 22.9 Å². The molecule has 1 aromatic carbocycles. The quantitative estimate of drug-likeness (QED) is 0.919. The molecule has 5 rings (SSSR count). The van der Waals surface area contributed by atoms with Crippen molar-refractivity contribution in [1.82, 2.24) is 9.97 Å². The highest BCUT2D eigenvalue weighted by atomic mass is 16.5. The highest BCUT2D eigenvalue weighted by Gasteiger charge is 2.51. The highest BCUT2D eigenvalue weighted by Crippen LogP contribution is 2.48. The van der Waals surface area contributed by atoms with Crippen LogP contribution in [0.15, 0.2) is 35.1 Å². The van der Waals surface area contributed by atoms with E-state index in [9.17, 15) is 9.59 Å². The molecule has 6 nitrogen and oxygen atoms in total. The number of H-pyrrole nitrogens is 1. The van der Waals surface area contributed by atoms with E-state index in [4.69, 9.17) is 4.74 Å². The minimum atomic E-state index is -0.266. The molecule has 122 valence electrons. The Morgan fingerprint density at radius 2 is 2.08 bits per heavy atom. The second kappa shape index (κ2) is 4.69. The summed E-state index contributed by atoms with van der Waals surface area (Å²) < 4.78 is 6.06. The van der Waals surface area contributed by atoms with Gasteiger partial charge in [0.15, 0.2) is 0 Å². The molecule has 24 heavy (non-hydrogen) atoms. The second-order valence-electron chi connectivity index (χ2n) is 6.93. The molecule has 1 spiro atoms. The van der Waals surface area contributed by atoms with Crippen LogP contribution in [0.25, 0.3) is 0 Å². The average Bonchev–Trinajstić information content (AvgIpc) is 3.49. The van der Waals surface area contributed by atoms with E-state index in [0.717, 1.165) is 37.1 Å². The fourth-order valence-corrected chi connectivity index (χ4v) is 3.26. The number of nitrogens with zero attached hydrogens (tertiary/aromatic N) is 2. The van der Waals surface area contributed by atoms with E-state index in [0.29, 0.717) is 12.4 Å². The maximum absolute atomic E-state index is 13.1. The molecule has 1 N–H and O–H groups in total. The van der Waals surface area contributed by atoms with Crippen molar-refractivity contribution in [3.05, 3.63) is 52.2 Å². The van der Waals surface area contributed by atoms with Crippen LogP contribution in [0.5, 0.6) is 5.75 Å². The van der Waals surface area contributed by atoms with Gasteiger partial charge in [0, 0.05) is 12.0 Å². The van der Waals surface area contributed by atoms with Gasteiger partial charge in [0.05, 0.1) is 12.2 Å². The van der Waals surface area contributed by atoms with E-state index in [-0.39, 0.29) is 28.7 Å². The van der Waals surface area contributed by atoms with Crippen LogP contribution in [0.2, 0.25) is 0 Å². The summed E-state index contributed by atoms with van der Waals surface area (Å²) in [5.41, 5.74) is 0.436. The third-order valence-corrected chi connectivity index (χ3v) is 4.92. The smallest absolute Gasteiger partial charge is 0.277 e. The van der Waals surface area contributed by atoms with Gasteiger partial charge >= 0.3 is 0 Å². The molecule has 0 bridgehead atoms. The molecule has 0 saturated heterocycles. The molecule has 2 heterocycles. The van der Waals surface area contributed by atoms with Crippen molar-refractivity contribution < 1.29 is 9.53 Å². The lowest BCUT2D eigenvalue weighted by atomic mass is 10.1. The Labute approximate surface area is 138 Å². The van der Waals surface area contributed by atoms with Crippen LogP contribution in [0, 0.1) is 0 Å². The summed E-state index contributed by atoms with van der Waals surface area (Å²) >= 11 is 0. The van der Waals surface area contributed by atoms with Crippen LogP contribution in [-0.2, 0) is 0 Å². The zero-order valence-electron chi connectivity index (χ0n) is 13.1. The molecular formula is C18H17N3O3. The summed E-state index contributed by atoms with van der Waals surface area (Å²) in [5, 5.41) is 0. The predicted octanol–water partition coefficient (Wildman–Crippen LogP) is 2.22. The summed E-state index contributed by atoms with van der Waals surface area (Å²) in [6.07, 6.45) is 3.93. The number of carbonyl (C=O) groups excluding carboxylic acids is 1. The van der Waals surface area contributed by atoms with Gasteiger partial charge in [0.25, 0.3) is 11.5 Å². The summed E-state index contributed by atoms with van der Waals surface area (Å²) in [5.74, 6) is 1.41. The number of aromatic nitrogens is 2. The average molecular weight is 323 g/mol. The fraction of sp³-hybridized carbons (Fsp3) is 0.389. The fourth-order valence-electron chi connectivity index (χ4n) is 3.26. The van der Waals surface area contributed by atoms with Crippen molar-refractivity contribution in [2.45, 2.75) is 37.2 Å². The largest absolute Gasteiger partial charge is 0.483 e. The SMILES string of the molecule is O=C(c1cc(=O)[nH]c(C2CC2)n1)N1CC2(CC2)Oc2ccccc21. The Bertz CT molecular complexity index is 896. The number of para-hydroxylation sites is 2. The summed E-state index contributed by atoms with van der Waals surface area (Å²) in [4.78, 5) is 33.9. The number of rotatable bonds is 2. The summed E-state index contributed by atoms with van der Waals surface area (Å²) in [6, 6.07) is 8.84. The van der Waals surface area contributed by atoms with Crippen LogP contribution < -0.4 is 15.2 Å². The van der Waals surface area contributed by atoms with Gasteiger partial charge < -0.3 is 9.72 Å². The van der Waals surface area contributed by atoms with Gasteiger partial charge in [0.2, 0.25) is 0 Å². The lowest BCUT2D eigenvalue weighted by Gasteiger charge is -2.35. The van der Waals surface area contributed by atoms with Crippen LogP contribution in [0.4, 0.5) is 5.69 Å². The molecule has 2 fully saturated rings. The van der Waals surface area contributed by atoms with Crippen LogP contribution in [-0.4, -0.2) is 28.0 Å². The van der Waals surface area contributed by atoms with E-state index < -0.39 is 0 Å². The maximum atomic E-state index is 13.1. The number of ether oxygens (including phenoxy) is 1. The number of carbonyl (C=O) groups is 1. The molecular weight excluding hydrogens is 306 g/mol. The van der Waals surface area contributed by atoms with Crippen molar-refractivity contribution in [3.63, 3.8) is 0 Å². The van der Waals surface area contributed by atoms with Gasteiger partial charge in [-0.2, -0.15) is 0 Å². The number of aromatic amines is 1. The summed E-state index contributed by atoms with van der Waals surface area (Å²) in [7, 11) is 0. The van der Waals surface area contributed by atoms with Crippen molar-refractivity contribution in [3.8, 4) is 5.75 Å². The van der Waals surface area contributed by atoms with E-state index in [1.165, 1.54) is 6.07 Å². The lowest BCUT2D eigenvalue weighted by Crippen LogP contribution is -2.45. The first kappa shape index (κ1) is 13.8. The molecule has 2 aromatic rings. The Hall–Kier alpha value is -2.63.